The minimum atomic E-state index is -3.63. The zero-order valence-electron chi connectivity index (χ0n) is 10.9. The summed E-state index contributed by atoms with van der Waals surface area (Å²) < 4.78 is 40.5. The van der Waals surface area contributed by atoms with E-state index in [0.29, 0.717) is 5.69 Å². The number of ether oxygens (including phenoxy) is 1. The lowest BCUT2D eigenvalue weighted by Crippen LogP contribution is -2.27. The molecular formula is C12H15FN2O4S. The average Bonchev–Trinajstić information content (AvgIpc) is 2.67. The van der Waals surface area contributed by atoms with Crippen LogP contribution in [-0.2, 0) is 14.8 Å². The third-order valence-electron chi connectivity index (χ3n) is 3.12. The van der Waals surface area contributed by atoms with E-state index in [-0.39, 0.29) is 36.3 Å². The molecule has 0 aliphatic carbocycles. The van der Waals surface area contributed by atoms with Gasteiger partial charge in [-0.05, 0) is 12.1 Å². The summed E-state index contributed by atoms with van der Waals surface area (Å²) in [6.45, 7) is 0.209. The van der Waals surface area contributed by atoms with Crippen molar-refractivity contribution in [3.8, 4) is 5.75 Å². The molecule has 1 saturated heterocycles. The van der Waals surface area contributed by atoms with Gasteiger partial charge in [-0.1, -0.05) is 0 Å². The number of rotatable bonds is 4. The molecule has 1 aromatic rings. The zero-order valence-corrected chi connectivity index (χ0v) is 11.7. The average molecular weight is 302 g/mol. The molecule has 1 aliphatic rings. The quantitative estimate of drug-likeness (QED) is 0.875. The highest BCUT2D eigenvalue weighted by Gasteiger charge is 2.33. The number of sulfonamides is 1. The summed E-state index contributed by atoms with van der Waals surface area (Å²) in [5, 5.41) is 4.97. The van der Waals surface area contributed by atoms with Crippen molar-refractivity contribution in [1.82, 2.24) is 0 Å². The Morgan fingerprint density at radius 2 is 2.20 bits per heavy atom. The standard InChI is InChI=1S/C12H15FN2O4S/c1-19-11-3-2-9(5-10(11)13)15-6-8(4-12(15)16)7-20(14,17)18/h2-3,5,8H,4,6-7H2,1H3,(H2,14,17,18). The van der Waals surface area contributed by atoms with E-state index in [1.165, 1.54) is 24.1 Å². The Hall–Kier alpha value is -1.67. The molecule has 1 atom stereocenters. The van der Waals surface area contributed by atoms with E-state index in [2.05, 4.69) is 0 Å². The van der Waals surface area contributed by atoms with Gasteiger partial charge in [-0.3, -0.25) is 4.79 Å². The van der Waals surface area contributed by atoms with Crippen LogP contribution in [0, 0.1) is 11.7 Å². The topological polar surface area (TPSA) is 89.7 Å². The third kappa shape index (κ3) is 3.26. The van der Waals surface area contributed by atoms with E-state index in [0.717, 1.165) is 0 Å². The molecule has 1 aliphatic heterocycles. The van der Waals surface area contributed by atoms with Gasteiger partial charge in [0.25, 0.3) is 0 Å². The molecule has 0 aromatic heterocycles. The summed E-state index contributed by atoms with van der Waals surface area (Å²) in [5.74, 6) is -1.37. The van der Waals surface area contributed by atoms with Gasteiger partial charge in [0, 0.05) is 30.6 Å². The minimum absolute atomic E-state index is 0.0847. The summed E-state index contributed by atoms with van der Waals surface area (Å²) in [4.78, 5) is 13.2. The number of primary sulfonamides is 1. The van der Waals surface area contributed by atoms with Gasteiger partial charge in [0.05, 0.1) is 12.9 Å². The zero-order chi connectivity index (χ0) is 14.9. The molecule has 20 heavy (non-hydrogen) atoms. The molecule has 6 nitrogen and oxygen atoms in total. The van der Waals surface area contributed by atoms with E-state index in [9.17, 15) is 17.6 Å². The first kappa shape index (κ1) is 14.7. The van der Waals surface area contributed by atoms with Gasteiger partial charge in [0.2, 0.25) is 15.9 Å². The molecule has 1 amide bonds. The first-order chi connectivity index (χ1) is 9.30. The summed E-state index contributed by atoms with van der Waals surface area (Å²) in [7, 11) is -2.28. The Morgan fingerprint density at radius 1 is 1.50 bits per heavy atom. The predicted octanol–water partition coefficient (Wildman–Crippen LogP) is 0.476. The van der Waals surface area contributed by atoms with Crippen molar-refractivity contribution in [3.63, 3.8) is 0 Å². The SMILES string of the molecule is COc1ccc(N2CC(CS(N)(=O)=O)CC2=O)cc1F. The van der Waals surface area contributed by atoms with Crippen LogP contribution in [-0.4, -0.2) is 33.7 Å². The fraction of sp³-hybridized carbons (Fsp3) is 0.417. The van der Waals surface area contributed by atoms with Crippen LogP contribution in [0.4, 0.5) is 10.1 Å². The summed E-state index contributed by atoms with van der Waals surface area (Å²) in [6.07, 6.45) is 0.0874. The number of amides is 1. The number of nitrogens with two attached hydrogens (primary N) is 1. The molecule has 0 radical (unpaired) electrons. The molecule has 1 unspecified atom stereocenters. The Kier molecular flexibility index (Phi) is 3.96. The van der Waals surface area contributed by atoms with Crippen LogP contribution in [0.25, 0.3) is 0 Å². The number of methoxy groups -OCH3 is 1. The fourth-order valence-corrected chi connectivity index (χ4v) is 3.17. The van der Waals surface area contributed by atoms with Crippen molar-refractivity contribution in [3.05, 3.63) is 24.0 Å². The van der Waals surface area contributed by atoms with Crippen molar-refractivity contribution in [2.75, 3.05) is 24.3 Å². The molecular weight excluding hydrogens is 287 g/mol. The van der Waals surface area contributed by atoms with Gasteiger partial charge in [-0.2, -0.15) is 0 Å². The van der Waals surface area contributed by atoms with Gasteiger partial charge in [-0.25, -0.2) is 17.9 Å². The lowest BCUT2D eigenvalue weighted by Gasteiger charge is -2.17. The van der Waals surface area contributed by atoms with Crippen LogP contribution in [0.2, 0.25) is 0 Å². The number of hydrogen-bond donors (Lipinski definition) is 1. The molecule has 0 spiro atoms. The second kappa shape index (κ2) is 5.37. The highest BCUT2D eigenvalue weighted by atomic mass is 32.2. The van der Waals surface area contributed by atoms with E-state index in [1.54, 1.807) is 6.07 Å². The number of halogens is 1. The van der Waals surface area contributed by atoms with Crippen molar-refractivity contribution in [2.24, 2.45) is 11.1 Å². The number of carbonyl (C=O) groups is 1. The number of hydrogen-bond acceptors (Lipinski definition) is 4. The van der Waals surface area contributed by atoms with E-state index in [1.807, 2.05) is 0 Å². The van der Waals surface area contributed by atoms with Gasteiger partial charge in [0.1, 0.15) is 0 Å². The first-order valence-electron chi connectivity index (χ1n) is 5.94. The number of benzene rings is 1. The maximum Gasteiger partial charge on any atom is 0.227 e. The number of carbonyl (C=O) groups excluding carboxylic acids is 1. The van der Waals surface area contributed by atoms with Crippen LogP contribution in [0.1, 0.15) is 6.42 Å². The lowest BCUT2D eigenvalue weighted by atomic mass is 10.1. The molecule has 110 valence electrons. The van der Waals surface area contributed by atoms with Crippen molar-refractivity contribution < 1.29 is 22.3 Å². The van der Waals surface area contributed by atoms with E-state index in [4.69, 9.17) is 9.88 Å². The summed E-state index contributed by atoms with van der Waals surface area (Å²) in [6, 6.07) is 4.17. The Labute approximate surface area is 116 Å². The van der Waals surface area contributed by atoms with Crippen LogP contribution >= 0.6 is 0 Å². The lowest BCUT2D eigenvalue weighted by molar-refractivity contribution is -0.117. The third-order valence-corrected chi connectivity index (χ3v) is 4.06. The molecule has 0 bridgehead atoms. The van der Waals surface area contributed by atoms with Crippen molar-refractivity contribution in [2.45, 2.75) is 6.42 Å². The van der Waals surface area contributed by atoms with Crippen molar-refractivity contribution in [1.29, 1.82) is 0 Å². The highest BCUT2D eigenvalue weighted by Crippen LogP contribution is 2.29. The molecule has 8 heteroatoms. The highest BCUT2D eigenvalue weighted by molar-refractivity contribution is 7.89. The molecule has 0 saturated carbocycles. The predicted molar refractivity (Wildman–Crippen MR) is 71.4 cm³/mol. The van der Waals surface area contributed by atoms with E-state index >= 15 is 0 Å². The monoisotopic (exact) mass is 302 g/mol. The second-order valence-electron chi connectivity index (χ2n) is 4.72. The Morgan fingerprint density at radius 3 is 2.75 bits per heavy atom. The Bertz CT molecular complexity index is 632. The van der Waals surface area contributed by atoms with Gasteiger partial charge < -0.3 is 9.64 Å². The maximum absolute atomic E-state index is 13.6. The Balaban J connectivity index is 2.18. The second-order valence-corrected chi connectivity index (χ2v) is 6.38. The first-order valence-corrected chi connectivity index (χ1v) is 7.66. The van der Waals surface area contributed by atoms with Crippen LogP contribution < -0.4 is 14.8 Å². The normalized spacial score (nSPS) is 19.4. The summed E-state index contributed by atoms with van der Waals surface area (Å²) >= 11 is 0. The number of anilines is 1. The molecule has 1 fully saturated rings. The number of nitrogens with zero attached hydrogens (tertiary/aromatic N) is 1. The van der Waals surface area contributed by atoms with Gasteiger partial charge in [-0.15, -0.1) is 0 Å². The minimum Gasteiger partial charge on any atom is -0.494 e. The van der Waals surface area contributed by atoms with Crippen LogP contribution in [0.15, 0.2) is 18.2 Å². The van der Waals surface area contributed by atoms with Crippen LogP contribution in [0.3, 0.4) is 0 Å². The van der Waals surface area contributed by atoms with Crippen molar-refractivity contribution >= 4 is 21.6 Å². The summed E-state index contributed by atoms with van der Waals surface area (Å²) in [5.41, 5.74) is 0.380. The molecule has 2 rings (SSSR count). The fourth-order valence-electron chi connectivity index (χ4n) is 2.29. The molecule has 1 heterocycles. The van der Waals surface area contributed by atoms with Gasteiger partial charge in [0.15, 0.2) is 11.6 Å². The van der Waals surface area contributed by atoms with Gasteiger partial charge >= 0.3 is 0 Å². The smallest absolute Gasteiger partial charge is 0.227 e. The molecule has 2 N–H and O–H groups in total. The van der Waals surface area contributed by atoms with E-state index < -0.39 is 15.8 Å². The maximum atomic E-state index is 13.6. The molecule has 1 aromatic carbocycles. The largest absolute Gasteiger partial charge is 0.494 e. The van der Waals surface area contributed by atoms with Crippen LogP contribution in [0.5, 0.6) is 5.75 Å².